The molecule has 0 bridgehead atoms. The summed E-state index contributed by atoms with van der Waals surface area (Å²) in [7, 11) is 0. The summed E-state index contributed by atoms with van der Waals surface area (Å²) in [6, 6.07) is 84.7. The molecule has 4 heteroatoms. The van der Waals surface area contributed by atoms with Gasteiger partial charge in [0.05, 0.1) is 10.2 Å². The maximum Gasteiger partial charge on any atom is 0.124 e. The predicted molar refractivity (Wildman–Crippen MR) is 272 cm³/mol. The molecule has 0 saturated heterocycles. The SMILES string of the molecule is Sc1cc2nc(-c3ccccc3)sc2c(-c2ccc(N(c3ccc(-c4ccccc4)cc3)c3ccc(-c4cccc5ccccc45)c(-c4ccccc4)c3)cc2)c1-c1ccccc1. The lowest BCUT2D eigenvalue weighted by Gasteiger charge is -2.27. The molecule has 298 valence electrons. The van der Waals surface area contributed by atoms with Gasteiger partial charge in [-0.1, -0.05) is 194 Å². The number of hydrogen-bond acceptors (Lipinski definition) is 4. The number of benzene rings is 10. The summed E-state index contributed by atoms with van der Waals surface area (Å²) in [5, 5.41) is 3.46. The molecule has 0 saturated carbocycles. The van der Waals surface area contributed by atoms with Crippen molar-refractivity contribution in [3.05, 3.63) is 237 Å². The van der Waals surface area contributed by atoms with Crippen molar-refractivity contribution in [1.29, 1.82) is 0 Å². The van der Waals surface area contributed by atoms with E-state index in [1.165, 1.54) is 44.2 Å². The summed E-state index contributed by atoms with van der Waals surface area (Å²) in [5.41, 5.74) is 16.8. The molecule has 0 aliphatic carbocycles. The Morgan fingerprint density at radius 3 is 1.54 bits per heavy atom. The lowest BCUT2D eigenvalue weighted by atomic mass is 9.90. The highest BCUT2D eigenvalue weighted by Crippen LogP contribution is 2.47. The molecule has 1 heterocycles. The molecule has 0 aliphatic rings. The van der Waals surface area contributed by atoms with Crippen LogP contribution in [-0.2, 0) is 0 Å². The maximum atomic E-state index is 5.16. The molecular formula is C59H40N2S2. The Morgan fingerprint density at radius 1 is 0.365 bits per heavy atom. The summed E-state index contributed by atoms with van der Waals surface area (Å²) in [5.74, 6) is 0. The van der Waals surface area contributed by atoms with E-state index >= 15 is 0 Å². The third-order valence-corrected chi connectivity index (χ3v) is 13.3. The molecular weight excluding hydrogens is 801 g/mol. The molecule has 11 rings (SSSR count). The topological polar surface area (TPSA) is 16.1 Å². The smallest absolute Gasteiger partial charge is 0.124 e. The van der Waals surface area contributed by atoms with Gasteiger partial charge in [-0.2, -0.15) is 0 Å². The van der Waals surface area contributed by atoms with Gasteiger partial charge in [0.1, 0.15) is 5.01 Å². The van der Waals surface area contributed by atoms with Crippen molar-refractivity contribution in [2.75, 3.05) is 4.90 Å². The van der Waals surface area contributed by atoms with Crippen LogP contribution in [0.1, 0.15) is 0 Å². The van der Waals surface area contributed by atoms with Crippen LogP contribution in [0.2, 0.25) is 0 Å². The van der Waals surface area contributed by atoms with E-state index in [0.717, 1.165) is 65.0 Å². The molecule has 0 N–H and O–H groups in total. The highest BCUT2D eigenvalue weighted by Gasteiger charge is 2.22. The average molecular weight is 841 g/mol. The van der Waals surface area contributed by atoms with E-state index in [2.05, 4.69) is 235 Å². The average Bonchev–Trinajstić information content (AvgIpc) is 3.79. The minimum atomic E-state index is 0.901. The van der Waals surface area contributed by atoms with Gasteiger partial charge in [-0.3, -0.25) is 0 Å². The van der Waals surface area contributed by atoms with Gasteiger partial charge in [0.25, 0.3) is 0 Å². The van der Waals surface area contributed by atoms with Crippen LogP contribution in [0.25, 0.3) is 87.2 Å². The first kappa shape index (κ1) is 38.4. The van der Waals surface area contributed by atoms with Gasteiger partial charge in [-0.15, -0.1) is 24.0 Å². The Hall–Kier alpha value is -7.50. The fourth-order valence-electron chi connectivity index (χ4n) is 8.81. The van der Waals surface area contributed by atoms with Crippen LogP contribution < -0.4 is 4.90 Å². The van der Waals surface area contributed by atoms with E-state index in [0.29, 0.717) is 0 Å². The van der Waals surface area contributed by atoms with Gasteiger partial charge in [0, 0.05) is 38.6 Å². The Balaban J connectivity index is 1.09. The number of rotatable bonds is 9. The minimum Gasteiger partial charge on any atom is -0.310 e. The number of fused-ring (bicyclic) bond motifs is 2. The summed E-state index contributed by atoms with van der Waals surface area (Å²) < 4.78 is 1.14. The van der Waals surface area contributed by atoms with Crippen LogP contribution in [0.3, 0.4) is 0 Å². The highest BCUT2D eigenvalue weighted by atomic mass is 32.1. The molecule has 0 aliphatic heterocycles. The number of anilines is 3. The molecule has 0 amide bonds. The molecule has 1 aromatic heterocycles. The summed E-state index contributed by atoms with van der Waals surface area (Å²) >= 11 is 6.87. The van der Waals surface area contributed by atoms with Crippen molar-refractivity contribution in [2.45, 2.75) is 4.90 Å². The second-order valence-electron chi connectivity index (χ2n) is 15.7. The normalized spacial score (nSPS) is 11.3. The van der Waals surface area contributed by atoms with Crippen molar-refractivity contribution in [1.82, 2.24) is 4.98 Å². The van der Waals surface area contributed by atoms with Gasteiger partial charge < -0.3 is 4.90 Å². The molecule has 11 aromatic rings. The van der Waals surface area contributed by atoms with Gasteiger partial charge in [-0.05, 0) is 97.7 Å². The lowest BCUT2D eigenvalue weighted by Crippen LogP contribution is -2.10. The number of thiazole rings is 1. The Kier molecular flexibility index (Phi) is 10.2. The zero-order valence-electron chi connectivity index (χ0n) is 34.3. The van der Waals surface area contributed by atoms with Crippen LogP contribution in [0.4, 0.5) is 17.1 Å². The van der Waals surface area contributed by atoms with E-state index in [9.17, 15) is 0 Å². The van der Waals surface area contributed by atoms with E-state index in [-0.39, 0.29) is 0 Å². The molecule has 2 nitrogen and oxygen atoms in total. The number of aromatic nitrogens is 1. The molecule has 10 aromatic carbocycles. The van der Waals surface area contributed by atoms with Crippen LogP contribution >= 0.6 is 24.0 Å². The molecule has 0 fully saturated rings. The number of nitrogens with zero attached hydrogens (tertiary/aromatic N) is 2. The van der Waals surface area contributed by atoms with Crippen LogP contribution in [-0.4, -0.2) is 4.98 Å². The monoisotopic (exact) mass is 840 g/mol. The Morgan fingerprint density at radius 2 is 0.873 bits per heavy atom. The van der Waals surface area contributed by atoms with Crippen molar-refractivity contribution in [2.24, 2.45) is 0 Å². The minimum absolute atomic E-state index is 0.901. The molecule has 0 atom stereocenters. The third kappa shape index (κ3) is 7.40. The quantitative estimate of drug-likeness (QED) is 0.146. The van der Waals surface area contributed by atoms with Crippen LogP contribution in [0.5, 0.6) is 0 Å². The van der Waals surface area contributed by atoms with Gasteiger partial charge in [-0.25, -0.2) is 4.98 Å². The van der Waals surface area contributed by atoms with Crippen molar-refractivity contribution in [3.8, 4) is 66.2 Å². The van der Waals surface area contributed by atoms with Gasteiger partial charge in [0.15, 0.2) is 0 Å². The van der Waals surface area contributed by atoms with E-state index in [4.69, 9.17) is 17.6 Å². The third-order valence-electron chi connectivity index (χ3n) is 11.8. The van der Waals surface area contributed by atoms with Crippen LogP contribution in [0.15, 0.2) is 241 Å². The van der Waals surface area contributed by atoms with Crippen molar-refractivity contribution in [3.63, 3.8) is 0 Å². The van der Waals surface area contributed by atoms with Crippen molar-refractivity contribution >= 4 is 62.0 Å². The summed E-state index contributed by atoms with van der Waals surface area (Å²) in [4.78, 5) is 8.44. The first-order valence-corrected chi connectivity index (χ1v) is 22.4. The summed E-state index contributed by atoms with van der Waals surface area (Å²) in [6.07, 6.45) is 0. The largest absolute Gasteiger partial charge is 0.310 e. The second-order valence-corrected chi connectivity index (χ2v) is 17.1. The number of thiol groups is 1. The molecule has 0 spiro atoms. The zero-order chi connectivity index (χ0) is 42.1. The predicted octanol–water partition coefficient (Wildman–Crippen LogP) is 17.2. The van der Waals surface area contributed by atoms with Gasteiger partial charge >= 0.3 is 0 Å². The maximum absolute atomic E-state index is 5.16. The zero-order valence-corrected chi connectivity index (χ0v) is 36.0. The summed E-state index contributed by atoms with van der Waals surface area (Å²) in [6.45, 7) is 0. The standard InChI is InChI=1S/C59H40N2S2/c62-55-39-54-58(63-59(60-54)46-23-11-4-12-24-46)57(56(55)44-21-9-3-10-22-44)45-30-34-48(35-31-45)61(47-32-28-41(29-33-47)40-16-5-1-6-17-40)49-36-37-52(53(38-49)43-18-7-2-8-19-43)51-27-15-25-42-20-13-14-26-50(42)51/h1-39,62H. The lowest BCUT2D eigenvalue weighted by molar-refractivity contribution is 1.28. The molecule has 63 heavy (non-hydrogen) atoms. The highest BCUT2D eigenvalue weighted by molar-refractivity contribution is 7.80. The first-order chi connectivity index (χ1) is 31.2. The van der Waals surface area contributed by atoms with E-state index in [1.807, 2.05) is 6.07 Å². The Bertz CT molecular complexity index is 3360. The first-order valence-electron chi connectivity index (χ1n) is 21.2. The molecule has 0 unspecified atom stereocenters. The van der Waals surface area contributed by atoms with E-state index < -0.39 is 0 Å². The fraction of sp³-hybridized carbons (Fsp3) is 0. The fourth-order valence-corrected chi connectivity index (χ4v) is 10.3. The van der Waals surface area contributed by atoms with E-state index in [1.54, 1.807) is 11.3 Å². The van der Waals surface area contributed by atoms with Gasteiger partial charge in [0.2, 0.25) is 0 Å². The van der Waals surface area contributed by atoms with Crippen LogP contribution in [0, 0.1) is 0 Å². The molecule has 0 radical (unpaired) electrons. The van der Waals surface area contributed by atoms with Crippen molar-refractivity contribution < 1.29 is 0 Å². The number of hydrogen-bond donors (Lipinski definition) is 1. The second kappa shape index (κ2) is 16.8. The Labute approximate surface area is 377 Å².